The molecule has 2 N–H and O–H groups in total. The third kappa shape index (κ3) is 2.45. The largest absolute Gasteiger partial charge is 0.316 e. The number of rotatable bonds is 2. The first kappa shape index (κ1) is 10.7. The second kappa shape index (κ2) is 4.81. The molecule has 1 aromatic heterocycles. The number of nitrogens with zero attached hydrogens (tertiary/aromatic N) is 2. The van der Waals surface area contributed by atoms with Crippen LogP contribution in [-0.2, 0) is 0 Å². The van der Waals surface area contributed by atoms with Crippen LogP contribution in [-0.4, -0.2) is 23.8 Å². The number of benzene rings is 1. The molecule has 5 heteroatoms. The van der Waals surface area contributed by atoms with Crippen molar-refractivity contribution in [2.24, 2.45) is 5.10 Å². The van der Waals surface area contributed by atoms with Gasteiger partial charge >= 0.3 is 0 Å². The Labute approximate surface area is 104 Å². The van der Waals surface area contributed by atoms with Crippen molar-refractivity contribution < 1.29 is 0 Å². The van der Waals surface area contributed by atoms with Crippen molar-refractivity contribution in [2.45, 2.75) is 12.8 Å². The molecule has 0 saturated carbocycles. The Morgan fingerprint density at radius 2 is 2.06 bits per heavy atom. The molecule has 1 aliphatic rings. The van der Waals surface area contributed by atoms with E-state index in [0.717, 1.165) is 36.6 Å². The van der Waals surface area contributed by atoms with Gasteiger partial charge in [0.15, 0.2) is 0 Å². The lowest BCUT2D eigenvalue weighted by molar-refractivity contribution is 0.670. The van der Waals surface area contributed by atoms with Crippen LogP contribution >= 0.6 is 11.3 Å². The number of fused-ring (bicyclic) bond motifs is 1. The average Bonchev–Trinajstić information content (AvgIpc) is 2.80. The summed E-state index contributed by atoms with van der Waals surface area (Å²) >= 11 is 1.64. The van der Waals surface area contributed by atoms with Crippen LogP contribution in [0.25, 0.3) is 10.2 Å². The molecule has 4 nitrogen and oxygen atoms in total. The fourth-order valence-corrected chi connectivity index (χ4v) is 2.68. The molecule has 0 amide bonds. The van der Waals surface area contributed by atoms with E-state index >= 15 is 0 Å². The highest BCUT2D eigenvalue weighted by atomic mass is 32.1. The Morgan fingerprint density at radius 3 is 2.88 bits per heavy atom. The predicted octanol–water partition coefficient (Wildman–Crippen LogP) is 2.45. The molecular formula is C12H14N4S. The highest BCUT2D eigenvalue weighted by molar-refractivity contribution is 7.22. The maximum absolute atomic E-state index is 4.48. The number of hydrazone groups is 1. The molecular weight excluding hydrogens is 232 g/mol. The van der Waals surface area contributed by atoms with E-state index in [1.807, 2.05) is 18.2 Å². The highest BCUT2D eigenvalue weighted by Crippen LogP contribution is 2.25. The van der Waals surface area contributed by atoms with Gasteiger partial charge in [0.1, 0.15) is 0 Å². The van der Waals surface area contributed by atoms with Gasteiger partial charge in [0, 0.05) is 31.6 Å². The molecule has 1 aromatic carbocycles. The number of nitrogens with one attached hydrogen (secondary N) is 2. The number of aromatic nitrogens is 1. The number of hydrogen-bond acceptors (Lipinski definition) is 5. The minimum atomic E-state index is 0.872. The number of para-hydroxylation sites is 1. The van der Waals surface area contributed by atoms with Crippen LogP contribution < -0.4 is 10.7 Å². The van der Waals surface area contributed by atoms with Crippen molar-refractivity contribution in [3.8, 4) is 0 Å². The minimum absolute atomic E-state index is 0.872. The fraction of sp³-hybridized carbons (Fsp3) is 0.333. The third-order valence-electron chi connectivity index (χ3n) is 2.78. The van der Waals surface area contributed by atoms with Crippen LogP contribution in [0.2, 0.25) is 0 Å². The molecule has 0 aliphatic carbocycles. The van der Waals surface area contributed by atoms with Crippen molar-refractivity contribution in [2.75, 3.05) is 18.5 Å². The summed E-state index contributed by atoms with van der Waals surface area (Å²) < 4.78 is 1.19. The van der Waals surface area contributed by atoms with Gasteiger partial charge in [-0.1, -0.05) is 23.5 Å². The van der Waals surface area contributed by atoms with E-state index in [-0.39, 0.29) is 0 Å². The second-order valence-electron chi connectivity index (χ2n) is 4.03. The van der Waals surface area contributed by atoms with Crippen LogP contribution in [0.3, 0.4) is 0 Å². The van der Waals surface area contributed by atoms with E-state index in [9.17, 15) is 0 Å². The summed E-state index contributed by atoms with van der Waals surface area (Å²) in [5.41, 5.74) is 5.33. The standard InChI is InChI=1S/C12H14N4S/c1-2-4-11-10(3-1)14-12(17-11)16-15-9-5-7-13-8-6-9/h1-4,13H,5-8H2,(H,14,16). The molecule has 1 saturated heterocycles. The zero-order valence-corrected chi connectivity index (χ0v) is 10.3. The maximum atomic E-state index is 4.48. The molecule has 3 rings (SSSR count). The Balaban J connectivity index is 1.76. The first-order chi connectivity index (χ1) is 8.42. The van der Waals surface area contributed by atoms with E-state index in [0.29, 0.717) is 0 Å². The number of anilines is 1. The summed E-state index contributed by atoms with van der Waals surface area (Å²) in [6.45, 7) is 2.06. The van der Waals surface area contributed by atoms with E-state index < -0.39 is 0 Å². The molecule has 2 aromatic rings. The molecule has 1 aliphatic heterocycles. The Morgan fingerprint density at radius 1 is 1.24 bits per heavy atom. The van der Waals surface area contributed by atoms with Gasteiger partial charge < -0.3 is 5.32 Å². The van der Waals surface area contributed by atoms with Crippen molar-refractivity contribution >= 4 is 32.4 Å². The van der Waals surface area contributed by atoms with E-state index in [1.165, 1.54) is 10.4 Å². The van der Waals surface area contributed by atoms with Gasteiger partial charge in [-0.15, -0.1) is 0 Å². The lowest BCUT2D eigenvalue weighted by Gasteiger charge is -2.13. The van der Waals surface area contributed by atoms with Gasteiger partial charge in [-0.25, -0.2) is 4.98 Å². The fourth-order valence-electron chi connectivity index (χ4n) is 1.87. The van der Waals surface area contributed by atoms with E-state index in [2.05, 4.69) is 26.9 Å². The summed E-state index contributed by atoms with van der Waals surface area (Å²) in [7, 11) is 0. The first-order valence-corrected chi connectivity index (χ1v) is 6.61. The van der Waals surface area contributed by atoms with Crippen LogP contribution in [0.15, 0.2) is 29.4 Å². The number of thiazole rings is 1. The molecule has 0 bridgehead atoms. The zero-order chi connectivity index (χ0) is 11.5. The topological polar surface area (TPSA) is 49.3 Å². The third-order valence-corrected chi connectivity index (χ3v) is 3.73. The smallest absolute Gasteiger partial charge is 0.204 e. The molecule has 0 radical (unpaired) electrons. The zero-order valence-electron chi connectivity index (χ0n) is 9.44. The van der Waals surface area contributed by atoms with Crippen LogP contribution in [0.5, 0.6) is 0 Å². The molecule has 0 atom stereocenters. The van der Waals surface area contributed by atoms with Crippen molar-refractivity contribution in [3.63, 3.8) is 0 Å². The van der Waals surface area contributed by atoms with Gasteiger partial charge in [0.25, 0.3) is 0 Å². The lowest BCUT2D eigenvalue weighted by atomic mass is 10.1. The van der Waals surface area contributed by atoms with Crippen molar-refractivity contribution in [1.29, 1.82) is 0 Å². The SMILES string of the molecule is c1ccc2sc(NN=C3CCNCC3)nc2c1. The average molecular weight is 246 g/mol. The molecule has 2 heterocycles. The predicted molar refractivity (Wildman–Crippen MR) is 72.8 cm³/mol. The van der Waals surface area contributed by atoms with Gasteiger partial charge in [-0.05, 0) is 12.1 Å². The van der Waals surface area contributed by atoms with Gasteiger partial charge in [-0.2, -0.15) is 5.10 Å². The van der Waals surface area contributed by atoms with Gasteiger partial charge in [-0.3, -0.25) is 5.43 Å². The van der Waals surface area contributed by atoms with Crippen LogP contribution in [0, 0.1) is 0 Å². The maximum Gasteiger partial charge on any atom is 0.204 e. The number of piperidine rings is 1. The normalized spacial score (nSPS) is 16.1. The molecule has 88 valence electrons. The van der Waals surface area contributed by atoms with Gasteiger partial charge in [0.2, 0.25) is 5.13 Å². The highest BCUT2D eigenvalue weighted by Gasteiger charge is 2.06. The van der Waals surface area contributed by atoms with E-state index in [1.54, 1.807) is 11.3 Å². The second-order valence-corrected chi connectivity index (χ2v) is 5.06. The summed E-state index contributed by atoms with van der Waals surface area (Å²) in [4.78, 5) is 4.48. The molecule has 0 spiro atoms. The Bertz CT molecular complexity index is 505. The van der Waals surface area contributed by atoms with Crippen molar-refractivity contribution in [3.05, 3.63) is 24.3 Å². The Hall–Kier alpha value is -1.46. The summed E-state index contributed by atoms with van der Waals surface area (Å²) in [5.74, 6) is 0. The molecule has 0 unspecified atom stereocenters. The lowest BCUT2D eigenvalue weighted by Crippen LogP contribution is -2.28. The molecule has 17 heavy (non-hydrogen) atoms. The van der Waals surface area contributed by atoms with Crippen LogP contribution in [0.1, 0.15) is 12.8 Å². The Kier molecular flexibility index (Phi) is 3.02. The van der Waals surface area contributed by atoms with Gasteiger partial charge in [0.05, 0.1) is 10.2 Å². The summed E-state index contributed by atoms with van der Waals surface area (Å²) in [5, 5.41) is 8.61. The monoisotopic (exact) mass is 246 g/mol. The van der Waals surface area contributed by atoms with Crippen LogP contribution in [0.4, 0.5) is 5.13 Å². The number of hydrogen-bond donors (Lipinski definition) is 2. The summed E-state index contributed by atoms with van der Waals surface area (Å²) in [6, 6.07) is 8.14. The molecule has 1 fully saturated rings. The summed E-state index contributed by atoms with van der Waals surface area (Å²) in [6.07, 6.45) is 2.05. The first-order valence-electron chi connectivity index (χ1n) is 5.79. The minimum Gasteiger partial charge on any atom is -0.316 e. The quantitative estimate of drug-likeness (QED) is 0.800. The van der Waals surface area contributed by atoms with E-state index in [4.69, 9.17) is 0 Å². The van der Waals surface area contributed by atoms with Crippen molar-refractivity contribution in [1.82, 2.24) is 10.3 Å².